The van der Waals surface area contributed by atoms with Crippen LogP contribution in [-0.2, 0) is 13.6 Å². The van der Waals surface area contributed by atoms with Gasteiger partial charge >= 0.3 is 0 Å². The summed E-state index contributed by atoms with van der Waals surface area (Å²) in [5.41, 5.74) is 2.00. The van der Waals surface area contributed by atoms with Crippen LogP contribution in [0.2, 0.25) is 0 Å². The molecule has 0 unspecified atom stereocenters. The molecule has 0 N–H and O–H groups in total. The number of aromatic nitrogens is 3. The highest BCUT2D eigenvalue weighted by Crippen LogP contribution is 2.26. The minimum Gasteiger partial charge on any atom is -0.334 e. The van der Waals surface area contributed by atoms with Gasteiger partial charge in [-0.1, -0.05) is 24.3 Å². The maximum absolute atomic E-state index is 13.5. The van der Waals surface area contributed by atoms with Crippen LogP contribution in [0.5, 0.6) is 0 Å². The summed E-state index contributed by atoms with van der Waals surface area (Å²) in [5, 5.41) is 0. The molecule has 5 nitrogen and oxygen atoms in total. The first-order valence-corrected chi connectivity index (χ1v) is 8.66. The number of imidazole rings is 1. The van der Waals surface area contributed by atoms with E-state index in [1.165, 1.54) is 0 Å². The molecular formula is C21H24N4O. The van der Waals surface area contributed by atoms with Gasteiger partial charge in [0.15, 0.2) is 0 Å². The van der Waals surface area contributed by atoms with E-state index in [1.54, 1.807) is 12.4 Å². The van der Waals surface area contributed by atoms with Crippen LogP contribution in [0.3, 0.4) is 0 Å². The SMILES string of the molecule is Cn1ccnc1-c1ccccc1C(=O)N(Cc1ccccn1)C(C)(C)C. The van der Waals surface area contributed by atoms with Crippen molar-refractivity contribution in [3.05, 3.63) is 72.3 Å². The maximum Gasteiger partial charge on any atom is 0.255 e. The van der Waals surface area contributed by atoms with Crippen LogP contribution in [0.15, 0.2) is 61.1 Å². The van der Waals surface area contributed by atoms with Gasteiger partial charge in [-0.05, 0) is 39.0 Å². The van der Waals surface area contributed by atoms with Gasteiger partial charge in [0.25, 0.3) is 5.91 Å². The molecular weight excluding hydrogens is 324 g/mol. The Morgan fingerprint density at radius 3 is 2.38 bits per heavy atom. The summed E-state index contributed by atoms with van der Waals surface area (Å²) in [6.07, 6.45) is 5.38. The van der Waals surface area contributed by atoms with Gasteiger partial charge in [-0.25, -0.2) is 4.98 Å². The first kappa shape index (κ1) is 17.9. The Morgan fingerprint density at radius 1 is 1.04 bits per heavy atom. The fraction of sp³-hybridized carbons (Fsp3) is 0.286. The van der Waals surface area contributed by atoms with Crippen molar-refractivity contribution in [2.24, 2.45) is 7.05 Å². The molecule has 2 aromatic heterocycles. The number of rotatable bonds is 4. The average Bonchev–Trinajstić information content (AvgIpc) is 3.05. The molecule has 0 fully saturated rings. The van der Waals surface area contributed by atoms with Crippen molar-refractivity contribution in [1.82, 2.24) is 19.4 Å². The lowest BCUT2D eigenvalue weighted by Crippen LogP contribution is -2.45. The molecule has 0 aliphatic rings. The monoisotopic (exact) mass is 348 g/mol. The number of hydrogen-bond donors (Lipinski definition) is 0. The van der Waals surface area contributed by atoms with Gasteiger partial charge in [-0.2, -0.15) is 0 Å². The van der Waals surface area contributed by atoms with Gasteiger partial charge in [0.2, 0.25) is 0 Å². The summed E-state index contributed by atoms with van der Waals surface area (Å²) < 4.78 is 1.92. The Balaban J connectivity index is 2.02. The highest BCUT2D eigenvalue weighted by atomic mass is 16.2. The Hall–Kier alpha value is -2.95. The first-order chi connectivity index (χ1) is 12.4. The van der Waals surface area contributed by atoms with Crippen LogP contribution in [0.4, 0.5) is 0 Å². The third kappa shape index (κ3) is 3.67. The van der Waals surface area contributed by atoms with Crippen LogP contribution in [0.1, 0.15) is 36.8 Å². The van der Waals surface area contributed by atoms with Gasteiger partial charge in [-0.3, -0.25) is 9.78 Å². The lowest BCUT2D eigenvalue weighted by atomic mass is 10.00. The second-order valence-corrected chi connectivity index (χ2v) is 7.29. The third-order valence-corrected chi connectivity index (χ3v) is 4.32. The molecule has 134 valence electrons. The van der Waals surface area contributed by atoms with Gasteiger partial charge in [-0.15, -0.1) is 0 Å². The second kappa shape index (κ2) is 7.12. The summed E-state index contributed by atoms with van der Waals surface area (Å²) in [5.74, 6) is 0.752. The van der Waals surface area contributed by atoms with Crippen LogP contribution >= 0.6 is 0 Å². The van der Waals surface area contributed by atoms with E-state index in [4.69, 9.17) is 0 Å². The molecule has 5 heteroatoms. The zero-order valence-corrected chi connectivity index (χ0v) is 15.7. The van der Waals surface area contributed by atoms with Crippen LogP contribution in [-0.4, -0.2) is 30.9 Å². The fourth-order valence-electron chi connectivity index (χ4n) is 2.90. The molecule has 1 aromatic carbocycles. The molecule has 26 heavy (non-hydrogen) atoms. The van der Waals surface area contributed by atoms with Crippen LogP contribution in [0.25, 0.3) is 11.4 Å². The van der Waals surface area contributed by atoms with Gasteiger partial charge in [0, 0.05) is 36.7 Å². The van der Waals surface area contributed by atoms with Crippen molar-refractivity contribution in [2.75, 3.05) is 0 Å². The number of pyridine rings is 1. The van der Waals surface area contributed by atoms with Gasteiger partial charge in [0.05, 0.1) is 17.8 Å². The number of hydrogen-bond acceptors (Lipinski definition) is 3. The number of benzene rings is 1. The molecule has 0 saturated heterocycles. The van der Waals surface area contributed by atoms with Crippen molar-refractivity contribution in [1.29, 1.82) is 0 Å². The maximum atomic E-state index is 13.5. The summed E-state index contributed by atoms with van der Waals surface area (Å²) in [7, 11) is 1.93. The Labute approximate surface area is 154 Å². The smallest absolute Gasteiger partial charge is 0.255 e. The summed E-state index contributed by atoms with van der Waals surface area (Å²) >= 11 is 0. The predicted octanol–water partition coefficient (Wildman–Crippen LogP) is 3.92. The summed E-state index contributed by atoms with van der Waals surface area (Å²) in [6, 6.07) is 13.4. The number of nitrogens with zero attached hydrogens (tertiary/aromatic N) is 4. The van der Waals surface area contributed by atoms with E-state index in [-0.39, 0.29) is 11.4 Å². The number of carbonyl (C=O) groups excluding carboxylic acids is 1. The van der Waals surface area contributed by atoms with Crippen molar-refractivity contribution in [2.45, 2.75) is 32.9 Å². The van der Waals surface area contributed by atoms with E-state index in [0.717, 1.165) is 17.1 Å². The summed E-state index contributed by atoms with van der Waals surface area (Å²) in [6.45, 7) is 6.57. The largest absolute Gasteiger partial charge is 0.334 e. The molecule has 1 amide bonds. The molecule has 0 aliphatic carbocycles. The molecule has 2 heterocycles. The Morgan fingerprint density at radius 2 is 1.77 bits per heavy atom. The average molecular weight is 348 g/mol. The Kier molecular flexibility index (Phi) is 4.89. The zero-order valence-electron chi connectivity index (χ0n) is 15.7. The lowest BCUT2D eigenvalue weighted by molar-refractivity contribution is 0.0556. The summed E-state index contributed by atoms with van der Waals surface area (Å²) in [4.78, 5) is 24.1. The highest BCUT2D eigenvalue weighted by Gasteiger charge is 2.29. The number of carbonyl (C=O) groups is 1. The molecule has 3 aromatic rings. The quantitative estimate of drug-likeness (QED) is 0.718. The first-order valence-electron chi connectivity index (χ1n) is 8.66. The van der Waals surface area contributed by atoms with Crippen molar-refractivity contribution < 1.29 is 4.79 Å². The van der Waals surface area contributed by atoms with E-state index in [1.807, 2.05) is 85.9 Å². The van der Waals surface area contributed by atoms with E-state index in [9.17, 15) is 4.79 Å². The minimum atomic E-state index is -0.344. The predicted molar refractivity (Wildman–Crippen MR) is 103 cm³/mol. The highest BCUT2D eigenvalue weighted by molar-refractivity contribution is 6.00. The van der Waals surface area contributed by atoms with Crippen LogP contribution in [0, 0.1) is 0 Å². The van der Waals surface area contributed by atoms with Crippen LogP contribution < -0.4 is 0 Å². The molecule has 3 rings (SSSR count). The molecule has 0 saturated carbocycles. The van der Waals surface area contributed by atoms with E-state index < -0.39 is 0 Å². The van der Waals surface area contributed by atoms with Crippen molar-refractivity contribution in [3.8, 4) is 11.4 Å². The fourth-order valence-corrected chi connectivity index (χ4v) is 2.90. The normalized spacial score (nSPS) is 11.4. The third-order valence-electron chi connectivity index (χ3n) is 4.32. The van der Waals surface area contributed by atoms with E-state index >= 15 is 0 Å². The lowest BCUT2D eigenvalue weighted by Gasteiger charge is -2.36. The van der Waals surface area contributed by atoms with Crippen molar-refractivity contribution >= 4 is 5.91 Å². The van der Waals surface area contributed by atoms with Gasteiger partial charge < -0.3 is 9.47 Å². The van der Waals surface area contributed by atoms with E-state index in [0.29, 0.717) is 12.1 Å². The minimum absolute atomic E-state index is 0.0262. The molecule has 0 atom stereocenters. The molecule has 0 radical (unpaired) electrons. The molecule has 0 spiro atoms. The van der Waals surface area contributed by atoms with E-state index in [2.05, 4.69) is 9.97 Å². The van der Waals surface area contributed by atoms with Crippen molar-refractivity contribution in [3.63, 3.8) is 0 Å². The number of aryl methyl sites for hydroxylation is 1. The second-order valence-electron chi connectivity index (χ2n) is 7.29. The molecule has 0 bridgehead atoms. The number of amides is 1. The topological polar surface area (TPSA) is 51.0 Å². The zero-order chi connectivity index (χ0) is 18.7. The van der Waals surface area contributed by atoms with Gasteiger partial charge in [0.1, 0.15) is 5.82 Å². The Bertz CT molecular complexity index is 894. The standard InChI is InChI=1S/C21H24N4O/c1-21(2,3)25(15-16-9-7-8-12-22-16)20(26)18-11-6-5-10-17(18)19-23-13-14-24(19)4/h5-14H,15H2,1-4H3. The molecule has 0 aliphatic heterocycles.